The average molecular weight is 858 g/mol. The van der Waals surface area contributed by atoms with Crippen LogP contribution in [0.3, 0.4) is 0 Å². The van der Waals surface area contributed by atoms with Crippen molar-refractivity contribution in [2.75, 3.05) is 33.1 Å². The van der Waals surface area contributed by atoms with Crippen molar-refractivity contribution in [3.8, 4) is 28.3 Å². The van der Waals surface area contributed by atoms with Gasteiger partial charge in [-0.05, 0) is 105 Å². The molecule has 3 amide bonds. The summed E-state index contributed by atoms with van der Waals surface area (Å²) in [4.78, 5) is 45.8. The number of likely N-dealkylation sites (N-methyl/N-ethyl adjacent to an activating group) is 1. The number of hydrogen-bond donors (Lipinski definition) is 3. The number of aromatic nitrogens is 1. The number of methoxy groups -OCH3 is 1. The molecule has 0 bridgehead atoms. The number of ether oxygens (including phenoxy) is 1. The van der Waals surface area contributed by atoms with Crippen molar-refractivity contribution in [1.82, 2.24) is 20.1 Å². The first-order chi connectivity index (χ1) is 29.0. The fraction of sp³-hybridized carbons (Fsp3) is 0.520. The quantitative estimate of drug-likeness (QED) is 0.130. The second-order valence-corrected chi connectivity index (χ2v) is 17.1. The van der Waals surface area contributed by atoms with Crippen LogP contribution in [0.15, 0.2) is 66.6 Å². The van der Waals surface area contributed by atoms with Gasteiger partial charge >= 0.3 is 0 Å². The van der Waals surface area contributed by atoms with Crippen molar-refractivity contribution < 1.29 is 19.1 Å². The second kappa shape index (κ2) is 23.5. The monoisotopic (exact) mass is 857 g/mol. The molecule has 11 heteroatoms. The number of pyridine rings is 1. The van der Waals surface area contributed by atoms with Crippen molar-refractivity contribution in [3.05, 3.63) is 88.4 Å². The number of benzene rings is 2. The van der Waals surface area contributed by atoms with Gasteiger partial charge < -0.3 is 26.0 Å². The van der Waals surface area contributed by atoms with E-state index in [2.05, 4.69) is 71.7 Å². The first kappa shape index (κ1) is 50.7. The Bertz CT molecular complexity index is 2020. The Morgan fingerprint density at radius 1 is 1.03 bits per heavy atom. The lowest BCUT2D eigenvalue weighted by Crippen LogP contribution is -2.49. The zero-order valence-corrected chi connectivity index (χ0v) is 39.8. The zero-order valence-electron chi connectivity index (χ0n) is 39.1. The minimum Gasteiger partial charge on any atom is -0.481 e. The van der Waals surface area contributed by atoms with E-state index in [1.165, 1.54) is 35.1 Å². The fourth-order valence-electron chi connectivity index (χ4n) is 7.47. The molecule has 1 aliphatic heterocycles. The summed E-state index contributed by atoms with van der Waals surface area (Å²) >= 11 is 7.03. The number of nitrogens with two attached hydrogens (primary N) is 1. The maximum absolute atomic E-state index is 13.1. The summed E-state index contributed by atoms with van der Waals surface area (Å²) in [6.07, 6.45) is 11.2. The Kier molecular flexibility index (Phi) is 19.5. The molecule has 2 aliphatic rings. The lowest BCUT2D eigenvalue weighted by molar-refractivity contribution is -0.129. The van der Waals surface area contributed by atoms with Gasteiger partial charge in [0.25, 0.3) is 11.8 Å². The van der Waals surface area contributed by atoms with Gasteiger partial charge in [0.2, 0.25) is 11.8 Å². The molecule has 3 aromatic rings. The van der Waals surface area contributed by atoms with E-state index in [-0.39, 0.29) is 22.9 Å². The summed E-state index contributed by atoms with van der Waals surface area (Å²) in [6, 6.07) is 13.6. The molecule has 334 valence electrons. The Hall–Kier alpha value is -4.67. The van der Waals surface area contributed by atoms with Gasteiger partial charge in [-0.2, -0.15) is 0 Å². The van der Waals surface area contributed by atoms with E-state index in [4.69, 9.17) is 27.1 Å². The average Bonchev–Trinajstić information content (AvgIpc) is 3.65. The predicted molar refractivity (Wildman–Crippen MR) is 253 cm³/mol. The van der Waals surface area contributed by atoms with E-state index in [0.717, 1.165) is 85.4 Å². The first-order valence-electron chi connectivity index (χ1n) is 22.2. The van der Waals surface area contributed by atoms with Gasteiger partial charge in [0.1, 0.15) is 11.4 Å². The highest BCUT2D eigenvalue weighted by Gasteiger charge is 2.31. The summed E-state index contributed by atoms with van der Waals surface area (Å²) in [5.41, 5.74) is 12.2. The number of carbonyl (C=O) groups is 3. The van der Waals surface area contributed by atoms with E-state index in [1.54, 1.807) is 26.1 Å². The number of halogens is 1. The van der Waals surface area contributed by atoms with Crippen LogP contribution in [0.4, 0.5) is 5.69 Å². The number of nitrogens with zero attached hydrogens (tertiary/aromatic N) is 3. The largest absolute Gasteiger partial charge is 0.481 e. The van der Waals surface area contributed by atoms with Crippen LogP contribution in [0.1, 0.15) is 129 Å². The van der Waals surface area contributed by atoms with Gasteiger partial charge in [-0.1, -0.05) is 110 Å². The Morgan fingerprint density at radius 3 is 2.25 bits per heavy atom. The van der Waals surface area contributed by atoms with Crippen LogP contribution in [-0.4, -0.2) is 65.8 Å². The molecule has 1 aromatic heterocycles. The van der Waals surface area contributed by atoms with Crippen LogP contribution in [0.2, 0.25) is 5.02 Å². The number of anilines is 1. The zero-order chi connectivity index (χ0) is 45.6. The standard InChI is InChI=1S/C31H31ClN4O3.C16H33NO.C3H9N/c1-17-13-14-20-15-26(34-30(39-6)27(17)20)23-11-7-10-22(28(23)32)21-9-8-12-25(18(21)2)33-29(37)24-16-35(4)19(3)36(5)31(24)38;1-7-13(5)11-12-16(9-3,10-4)17-15(18)14(6)8-2;1-2-3-4/h7-12,15-17H,3,13-14H2,1-2,4-6H3,(H,33,37);13-14H,7-12H2,1-6H3,(H,17,18);2-4H2,1H3. The second-order valence-electron chi connectivity index (χ2n) is 16.7. The highest BCUT2D eigenvalue weighted by molar-refractivity contribution is 6.36. The normalized spacial score (nSPS) is 15.7. The molecule has 0 saturated heterocycles. The number of nitrogens with one attached hydrogen (secondary N) is 2. The van der Waals surface area contributed by atoms with Gasteiger partial charge in [-0.3, -0.25) is 19.3 Å². The number of aryl methyl sites for hydroxylation is 1. The minimum absolute atomic E-state index is 0.0178. The van der Waals surface area contributed by atoms with Gasteiger partial charge in [-0.15, -0.1) is 0 Å². The van der Waals surface area contributed by atoms with Crippen molar-refractivity contribution in [2.45, 2.75) is 132 Å². The highest BCUT2D eigenvalue weighted by Crippen LogP contribution is 2.43. The highest BCUT2D eigenvalue weighted by atomic mass is 35.5. The van der Waals surface area contributed by atoms with E-state index >= 15 is 0 Å². The number of hydrogen-bond acceptors (Lipinski definition) is 7. The molecule has 2 aromatic carbocycles. The third-order valence-corrected chi connectivity index (χ3v) is 13.0. The Balaban J connectivity index is 0.000000378. The van der Waals surface area contributed by atoms with Crippen LogP contribution in [-0.2, 0) is 20.8 Å². The predicted octanol–water partition coefficient (Wildman–Crippen LogP) is 11.0. The molecule has 3 unspecified atom stereocenters. The first-order valence-corrected chi connectivity index (χ1v) is 22.6. The topological polar surface area (TPSA) is 130 Å². The maximum Gasteiger partial charge on any atom is 0.266 e. The molecule has 0 saturated carbocycles. The molecule has 0 fully saturated rings. The van der Waals surface area contributed by atoms with E-state index in [0.29, 0.717) is 28.3 Å². The molecule has 0 radical (unpaired) electrons. The molecule has 5 rings (SSSR count). The van der Waals surface area contributed by atoms with Gasteiger partial charge in [0, 0.05) is 54.1 Å². The summed E-state index contributed by atoms with van der Waals surface area (Å²) < 4.78 is 5.66. The van der Waals surface area contributed by atoms with Gasteiger partial charge in [0.05, 0.1) is 17.8 Å². The number of rotatable bonds is 15. The van der Waals surface area contributed by atoms with Gasteiger partial charge in [0.15, 0.2) is 0 Å². The summed E-state index contributed by atoms with van der Waals surface area (Å²) in [6.45, 7) is 23.9. The summed E-state index contributed by atoms with van der Waals surface area (Å²) in [5, 5.41) is 6.79. The lowest BCUT2D eigenvalue weighted by Gasteiger charge is -2.35. The number of carbonyl (C=O) groups excluding carboxylic acids is 3. The van der Waals surface area contributed by atoms with Crippen molar-refractivity contribution in [2.24, 2.45) is 17.6 Å². The molecule has 3 atom stereocenters. The lowest BCUT2D eigenvalue weighted by atomic mass is 9.84. The summed E-state index contributed by atoms with van der Waals surface area (Å²) in [5.74, 6) is 1.77. The van der Waals surface area contributed by atoms with Gasteiger partial charge in [-0.25, -0.2) is 4.98 Å². The fourth-order valence-corrected chi connectivity index (χ4v) is 7.79. The third kappa shape index (κ3) is 12.5. The molecular formula is C50H73ClN6O4. The van der Waals surface area contributed by atoms with E-state index < -0.39 is 11.8 Å². The number of amides is 3. The molecular weight excluding hydrogens is 784 g/mol. The van der Waals surface area contributed by atoms with E-state index in [1.807, 2.05) is 50.2 Å². The Labute approximate surface area is 371 Å². The molecule has 0 spiro atoms. The van der Waals surface area contributed by atoms with Crippen LogP contribution in [0.25, 0.3) is 22.4 Å². The SMILES string of the molecule is C=C1N(C)C=C(C(=O)Nc2cccc(-c3cccc(-c4cc5c(c(OC)n4)C(C)CC5)c3Cl)c2C)C(=O)N1C.CCC(C)CCC(CC)(CC)NC(=O)C(C)CC.CCCN. The molecule has 1 aliphatic carbocycles. The van der Waals surface area contributed by atoms with E-state index in [9.17, 15) is 14.4 Å². The van der Waals surface area contributed by atoms with Crippen LogP contribution in [0, 0.1) is 18.8 Å². The molecule has 4 N–H and O–H groups in total. The number of fused-ring (bicyclic) bond motifs is 1. The molecule has 2 heterocycles. The summed E-state index contributed by atoms with van der Waals surface area (Å²) in [7, 11) is 4.99. The minimum atomic E-state index is -0.491. The van der Waals surface area contributed by atoms with Crippen molar-refractivity contribution in [3.63, 3.8) is 0 Å². The van der Waals surface area contributed by atoms with Crippen molar-refractivity contribution >= 4 is 35.0 Å². The maximum atomic E-state index is 13.1. The smallest absolute Gasteiger partial charge is 0.266 e. The van der Waals surface area contributed by atoms with Crippen molar-refractivity contribution in [1.29, 1.82) is 0 Å². The Morgan fingerprint density at radius 2 is 1.66 bits per heavy atom. The van der Waals surface area contributed by atoms with Crippen LogP contribution >= 0.6 is 11.6 Å². The van der Waals surface area contributed by atoms with Crippen LogP contribution < -0.4 is 21.1 Å². The molecule has 10 nitrogen and oxygen atoms in total. The van der Waals surface area contributed by atoms with Crippen LogP contribution in [0.5, 0.6) is 5.88 Å². The molecule has 61 heavy (non-hydrogen) atoms. The third-order valence-electron chi connectivity index (χ3n) is 12.6.